The lowest BCUT2D eigenvalue weighted by atomic mass is 9.97. The Labute approximate surface area is 222 Å². The van der Waals surface area contributed by atoms with E-state index in [4.69, 9.17) is 4.74 Å². The summed E-state index contributed by atoms with van der Waals surface area (Å²) in [5.74, 6) is 0.754. The molecule has 204 valence electrons. The van der Waals surface area contributed by atoms with Gasteiger partial charge in [-0.2, -0.15) is 0 Å². The van der Waals surface area contributed by atoms with Gasteiger partial charge in [-0.25, -0.2) is 0 Å². The Hall–Kier alpha value is -2.90. The average Bonchev–Trinajstić information content (AvgIpc) is 2.90. The van der Waals surface area contributed by atoms with Crippen LogP contribution in [0.1, 0.15) is 62.6 Å². The summed E-state index contributed by atoms with van der Waals surface area (Å²) in [4.78, 5) is 27.1. The van der Waals surface area contributed by atoms with Crippen molar-refractivity contribution in [1.82, 2.24) is 15.5 Å². The van der Waals surface area contributed by atoms with E-state index in [0.717, 1.165) is 29.7 Å². The summed E-state index contributed by atoms with van der Waals surface area (Å²) in [6.07, 6.45) is 2.60. The molecule has 2 rings (SSSR count). The molecule has 0 aromatic heterocycles. The molecular formula is C30H45N3O4. The fourth-order valence-corrected chi connectivity index (χ4v) is 4.32. The first-order valence-electron chi connectivity index (χ1n) is 13.5. The summed E-state index contributed by atoms with van der Waals surface area (Å²) in [6.45, 7) is 8.24. The zero-order chi connectivity index (χ0) is 27.0. The monoisotopic (exact) mass is 511 g/mol. The molecule has 0 fully saturated rings. The van der Waals surface area contributed by atoms with Crippen molar-refractivity contribution < 1.29 is 19.4 Å². The highest BCUT2D eigenvalue weighted by Gasteiger charge is 2.29. The average molecular weight is 512 g/mol. The first kappa shape index (κ1) is 30.3. The molecule has 2 amide bonds. The number of aliphatic hydroxyl groups excluding tert-OH is 1. The molecule has 0 heterocycles. The second-order valence-electron chi connectivity index (χ2n) is 9.60. The van der Waals surface area contributed by atoms with Gasteiger partial charge in [0, 0.05) is 39.0 Å². The van der Waals surface area contributed by atoms with Crippen LogP contribution in [0.3, 0.4) is 0 Å². The molecule has 2 atom stereocenters. The standard InChI is InChI=1S/C30H45N3O4/c1-5-17-32-29(35)11-8-12-30(36)33(18-6-2)27(20-24-15-13-23(3)14-16-24)28(34)22-31-21-25-9-7-10-26(19-25)37-4/h7,9-10,13-16,19,27-28,31,34H,5-6,8,11-12,17-18,20-22H2,1-4H3,(H,32,35)/t27-,28+/m1/s1. The summed E-state index contributed by atoms with van der Waals surface area (Å²) < 4.78 is 5.30. The Morgan fingerprint density at radius 1 is 1.03 bits per heavy atom. The van der Waals surface area contributed by atoms with E-state index in [1.165, 1.54) is 5.56 Å². The molecular weight excluding hydrogens is 466 g/mol. The van der Waals surface area contributed by atoms with E-state index in [2.05, 4.69) is 34.9 Å². The topological polar surface area (TPSA) is 90.9 Å². The van der Waals surface area contributed by atoms with E-state index in [-0.39, 0.29) is 24.3 Å². The molecule has 2 aromatic rings. The molecule has 0 saturated heterocycles. The number of carbonyl (C=O) groups excluding carboxylic acids is 2. The van der Waals surface area contributed by atoms with E-state index in [1.54, 1.807) is 7.11 Å². The van der Waals surface area contributed by atoms with E-state index < -0.39 is 6.10 Å². The van der Waals surface area contributed by atoms with Crippen LogP contribution >= 0.6 is 0 Å². The molecule has 0 saturated carbocycles. The SMILES string of the molecule is CCCNC(=O)CCCC(=O)N(CCC)[C@H](Cc1ccc(C)cc1)[C@@H](O)CNCc1cccc(OC)c1. The van der Waals surface area contributed by atoms with Crippen LogP contribution in [-0.2, 0) is 22.6 Å². The van der Waals surface area contributed by atoms with Crippen molar-refractivity contribution in [2.45, 2.75) is 78.0 Å². The fraction of sp³-hybridized carbons (Fsp3) is 0.533. The van der Waals surface area contributed by atoms with Gasteiger partial charge in [-0.3, -0.25) is 9.59 Å². The Morgan fingerprint density at radius 2 is 1.78 bits per heavy atom. The smallest absolute Gasteiger partial charge is 0.222 e. The van der Waals surface area contributed by atoms with Crippen LogP contribution in [0.5, 0.6) is 5.75 Å². The number of carbonyl (C=O) groups is 2. The third kappa shape index (κ3) is 10.9. The predicted molar refractivity (Wildman–Crippen MR) is 149 cm³/mol. The lowest BCUT2D eigenvalue weighted by Gasteiger charge is -2.35. The molecule has 2 aromatic carbocycles. The lowest BCUT2D eigenvalue weighted by Crippen LogP contribution is -2.51. The maximum atomic E-state index is 13.3. The Bertz CT molecular complexity index is 948. The van der Waals surface area contributed by atoms with Gasteiger partial charge in [0.2, 0.25) is 11.8 Å². The Kier molecular flexibility index (Phi) is 13.7. The summed E-state index contributed by atoms with van der Waals surface area (Å²) >= 11 is 0. The van der Waals surface area contributed by atoms with Gasteiger partial charge in [0.05, 0.1) is 19.3 Å². The second-order valence-corrected chi connectivity index (χ2v) is 9.60. The molecule has 0 aliphatic rings. The van der Waals surface area contributed by atoms with E-state index in [9.17, 15) is 14.7 Å². The second kappa shape index (κ2) is 16.8. The van der Waals surface area contributed by atoms with Crippen molar-refractivity contribution in [2.24, 2.45) is 0 Å². The third-order valence-corrected chi connectivity index (χ3v) is 6.38. The summed E-state index contributed by atoms with van der Waals surface area (Å²) in [6, 6.07) is 15.7. The van der Waals surface area contributed by atoms with Gasteiger partial charge in [0.15, 0.2) is 0 Å². The van der Waals surface area contributed by atoms with E-state index in [0.29, 0.717) is 45.4 Å². The van der Waals surface area contributed by atoms with Gasteiger partial charge in [0.1, 0.15) is 5.75 Å². The van der Waals surface area contributed by atoms with Crippen molar-refractivity contribution >= 4 is 11.8 Å². The number of hydrogen-bond donors (Lipinski definition) is 3. The van der Waals surface area contributed by atoms with Crippen molar-refractivity contribution in [3.05, 3.63) is 65.2 Å². The minimum Gasteiger partial charge on any atom is -0.497 e. The molecule has 0 radical (unpaired) electrons. The highest BCUT2D eigenvalue weighted by Crippen LogP contribution is 2.17. The minimum atomic E-state index is -0.754. The number of aryl methyl sites for hydroxylation is 1. The Morgan fingerprint density at radius 3 is 2.46 bits per heavy atom. The summed E-state index contributed by atoms with van der Waals surface area (Å²) in [7, 11) is 1.64. The van der Waals surface area contributed by atoms with Gasteiger partial charge in [-0.1, -0.05) is 55.8 Å². The molecule has 37 heavy (non-hydrogen) atoms. The van der Waals surface area contributed by atoms with Crippen molar-refractivity contribution in [2.75, 3.05) is 26.7 Å². The number of methoxy groups -OCH3 is 1. The van der Waals surface area contributed by atoms with Crippen LogP contribution in [0.4, 0.5) is 0 Å². The van der Waals surface area contributed by atoms with Crippen LogP contribution in [0.25, 0.3) is 0 Å². The summed E-state index contributed by atoms with van der Waals surface area (Å²) in [5.41, 5.74) is 3.31. The van der Waals surface area contributed by atoms with Gasteiger partial charge in [0.25, 0.3) is 0 Å². The van der Waals surface area contributed by atoms with Crippen molar-refractivity contribution in [3.8, 4) is 5.75 Å². The normalized spacial score (nSPS) is 12.6. The molecule has 0 bridgehead atoms. The highest BCUT2D eigenvalue weighted by molar-refractivity contribution is 5.79. The number of hydrogen-bond acceptors (Lipinski definition) is 5. The Balaban J connectivity index is 2.09. The number of benzene rings is 2. The van der Waals surface area contributed by atoms with Crippen LogP contribution in [-0.4, -0.2) is 60.7 Å². The first-order chi connectivity index (χ1) is 17.9. The number of amides is 2. The number of nitrogens with one attached hydrogen (secondary N) is 2. The number of aliphatic hydroxyl groups is 1. The third-order valence-electron chi connectivity index (χ3n) is 6.38. The zero-order valence-electron chi connectivity index (χ0n) is 23.0. The highest BCUT2D eigenvalue weighted by atomic mass is 16.5. The first-order valence-corrected chi connectivity index (χ1v) is 13.5. The van der Waals surface area contributed by atoms with Crippen molar-refractivity contribution in [3.63, 3.8) is 0 Å². The zero-order valence-corrected chi connectivity index (χ0v) is 23.0. The fourth-order valence-electron chi connectivity index (χ4n) is 4.32. The number of rotatable bonds is 17. The minimum absolute atomic E-state index is 0.0188. The quantitative estimate of drug-likeness (QED) is 0.299. The van der Waals surface area contributed by atoms with Crippen LogP contribution in [0.2, 0.25) is 0 Å². The molecule has 7 nitrogen and oxygen atoms in total. The summed E-state index contributed by atoms with van der Waals surface area (Å²) in [5, 5.41) is 17.5. The molecule has 0 aliphatic heterocycles. The van der Waals surface area contributed by atoms with Crippen LogP contribution in [0.15, 0.2) is 48.5 Å². The molecule has 0 spiro atoms. The molecule has 7 heteroatoms. The molecule has 3 N–H and O–H groups in total. The number of ether oxygens (including phenoxy) is 1. The maximum Gasteiger partial charge on any atom is 0.222 e. The maximum absolute atomic E-state index is 13.3. The van der Waals surface area contributed by atoms with Gasteiger partial charge < -0.3 is 25.4 Å². The van der Waals surface area contributed by atoms with Crippen LogP contribution in [0, 0.1) is 6.92 Å². The van der Waals surface area contributed by atoms with Gasteiger partial charge >= 0.3 is 0 Å². The van der Waals surface area contributed by atoms with Crippen molar-refractivity contribution in [1.29, 1.82) is 0 Å². The van der Waals surface area contributed by atoms with E-state index >= 15 is 0 Å². The largest absolute Gasteiger partial charge is 0.497 e. The van der Waals surface area contributed by atoms with Gasteiger partial charge in [-0.15, -0.1) is 0 Å². The van der Waals surface area contributed by atoms with E-state index in [1.807, 2.05) is 49.9 Å². The molecule has 0 unspecified atom stereocenters. The predicted octanol–water partition coefficient (Wildman–Crippen LogP) is 4.00. The number of nitrogens with zero attached hydrogens (tertiary/aromatic N) is 1. The lowest BCUT2D eigenvalue weighted by molar-refractivity contribution is -0.136. The van der Waals surface area contributed by atoms with Gasteiger partial charge in [-0.05, 0) is 55.9 Å². The molecule has 0 aliphatic carbocycles. The van der Waals surface area contributed by atoms with Crippen LogP contribution < -0.4 is 15.4 Å².